The van der Waals surface area contributed by atoms with Gasteiger partial charge in [-0.3, -0.25) is 4.79 Å². The van der Waals surface area contributed by atoms with E-state index < -0.39 is 0 Å². The third-order valence-corrected chi connectivity index (χ3v) is 4.99. The van der Waals surface area contributed by atoms with Crippen LogP contribution in [0.15, 0.2) is 24.3 Å². The summed E-state index contributed by atoms with van der Waals surface area (Å²) in [7, 11) is 0. The molecule has 0 aromatic heterocycles. The molecule has 0 atom stereocenters. The zero-order valence-corrected chi connectivity index (χ0v) is 12.1. The van der Waals surface area contributed by atoms with Crippen molar-refractivity contribution in [2.75, 3.05) is 5.75 Å². The predicted octanol–water partition coefficient (Wildman–Crippen LogP) is 4.52. The monoisotopic (exact) mass is 282 g/mol. The van der Waals surface area contributed by atoms with Crippen molar-refractivity contribution in [3.63, 3.8) is 0 Å². The van der Waals surface area contributed by atoms with Crippen LogP contribution in [0.4, 0.5) is 0 Å². The van der Waals surface area contributed by atoms with Gasteiger partial charge in [0.1, 0.15) is 5.78 Å². The lowest BCUT2D eigenvalue weighted by Crippen LogP contribution is -2.13. The molecule has 1 saturated carbocycles. The van der Waals surface area contributed by atoms with E-state index >= 15 is 0 Å². The molecule has 0 amide bonds. The van der Waals surface area contributed by atoms with E-state index in [1.54, 1.807) is 0 Å². The molecule has 0 radical (unpaired) electrons. The zero-order valence-electron chi connectivity index (χ0n) is 10.5. The smallest absolute Gasteiger partial charge is 0.147 e. The van der Waals surface area contributed by atoms with Crippen LogP contribution in [0.1, 0.15) is 37.7 Å². The van der Waals surface area contributed by atoms with Crippen LogP contribution in [-0.2, 0) is 11.2 Å². The second-order valence-electron chi connectivity index (χ2n) is 4.92. The SMILES string of the molecule is O=C(CSC1CCCCC1)Cc1cccc(Cl)c1. The summed E-state index contributed by atoms with van der Waals surface area (Å²) >= 11 is 7.76. The minimum absolute atomic E-state index is 0.313. The molecule has 0 N–H and O–H groups in total. The highest BCUT2D eigenvalue weighted by Crippen LogP contribution is 2.28. The summed E-state index contributed by atoms with van der Waals surface area (Å²) in [5.41, 5.74) is 1.02. The van der Waals surface area contributed by atoms with Crippen LogP contribution in [0.5, 0.6) is 0 Å². The number of hydrogen-bond donors (Lipinski definition) is 0. The first-order chi connectivity index (χ1) is 8.74. The summed E-state index contributed by atoms with van der Waals surface area (Å²) < 4.78 is 0. The Bertz CT molecular complexity index is 399. The number of ketones is 1. The van der Waals surface area contributed by atoms with E-state index in [9.17, 15) is 4.79 Å². The van der Waals surface area contributed by atoms with Gasteiger partial charge in [-0.05, 0) is 30.5 Å². The fraction of sp³-hybridized carbons (Fsp3) is 0.533. The van der Waals surface area contributed by atoms with E-state index in [2.05, 4.69) is 0 Å². The van der Waals surface area contributed by atoms with Gasteiger partial charge in [0, 0.05) is 16.7 Å². The minimum Gasteiger partial charge on any atom is -0.298 e. The van der Waals surface area contributed by atoms with Gasteiger partial charge in [0.2, 0.25) is 0 Å². The van der Waals surface area contributed by atoms with E-state index in [-0.39, 0.29) is 0 Å². The highest BCUT2D eigenvalue weighted by atomic mass is 35.5. The molecular weight excluding hydrogens is 264 g/mol. The number of hydrogen-bond acceptors (Lipinski definition) is 2. The largest absolute Gasteiger partial charge is 0.298 e. The van der Waals surface area contributed by atoms with E-state index in [0.29, 0.717) is 28.2 Å². The van der Waals surface area contributed by atoms with Gasteiger partial charge in [-0.1, -0.05) is 43.0 Å². The number of carbonyl (C=O) groups excluding carboxylic acids is 1. The highest BCUT2D eigenvalue weighted by molar-refractivity contribution is 8.00. The molecule has 18 heavy (non-hydrogen) atoms. The first kappa shape index (κ1) is 14.0. The molecule has 1 nitrogen and oxygen atoms in total. The average molecular weight is 283 g/mol. The molecule has 1 aliphatic carbocycles. The molecule has 98 valence electrons. The molecule has 1 fully saturated rings. The van der Waals surface area contributed by atoms with Crippen LogP contribution in [0, 0.1) is 0 Å². The Morgan fingerprint density at radius 1 is 1.28 bits per heavy atom. The normalized spacial score (nSPS) is 16.7. The molecule has 1 aliphatic rings. The van der Waals surface area contributed by atoms with E-state index in [0.717, 1.165) is 5.56 Å². The van der Waals surface area contributed by atoms with E-state index in [1.165, 1.54) is 32.1 Å². The van der Waals surface area contributed by atoms with Crippen LogP contribution < -0.4 is 0 Å². The van der Waals surface area contributed by atoms with Crippen molar-refractivity contribution in [2.24, 2.45) is 0 Å². The molecule has 2 rings (SSSR count). The fourth-order valence-corrected chi connectivity index (χ4v) is 3.77. The van der Waals surface area contributed by atoms with Gasteiger partial charge in [-0.15, -0.1) is 0 Å². The topological polar surface area (TPSA) is 17.1 Å². The van der Waals surface area contributed by atoms with Crippen LogP contribution in [0.3, 0.4) is 0 Å². The third-order valence-electron chi connectivity index (χ3n) is 3.32. The van der Waals surface area contributed by atoms with Crippen LogP contribution >= 0.6 is 23.4 Å². The van der Waals surface area contributed by atoms with Gasteiger partial charge in [0.05, 0.1) is 5.75 Å². The Hall–Kier alpha value is -0.470. The maximum atomic E-state index is 11.9. The second kappa shape index (κ2) is 7.20. The molecule has 1 aromatic carbocycles. The van der Waals surface area contributed by atoms with Crippen molar-refractivity contribution >= 4 is 29.1 Å². The number of Topliss-reactive ketones (excluding diaryl/α,β-unsaturated/α-hetero) is 1. The van der Waals surface area contributed by atoms with Crippen molar-refractivity contribution in [1.82, 2.24) is 0 Å². The Morgan fingerprint density at radius 2 is 2.06 bits per heavy atom. The lowest BCUT2D eigenvalue weighted by Gasteiger charge is -2.20. The molecule has 0 unspecified atom stereocenters. The molecule has 0 saturated heterocycles. The summed E-state index contributed by atoms with van der Waals surface area (Å²) in [5.74, 6) is 0.963. The first-order valence-electron chi connectivity index (χ1n) is 6.62. The highest BCUT2D eigenvalue weighted by Gasteiger charge is 2.15. The maximum Gasteiger partial charge on any atom is 0.147 e. The molecule has 3 heteroatoms. The first-order valence-corrected chi connectivity index (χ1v) is 8.04. The van der Waals surface area contributed by atoms with Crippen LogP contribution in [0.2, 0.25) is 5.02 Å². The predicted molar refractivity (Wildman–Crippen MR) is 79.5 cm³/mol. The number of halogens is 1. The Labute approximate surface area is 118 Å². The number of rotatable bonds is 5. The minimum atomic E-state index is 0.313. The third kappa shape index (κ3) is 4.66. The van der Waals surface area contributed by atoms with Crippen LogP contribution in [0.25, 0.3) is 0 Å². The summed E-state index contributed by atoms with van der Waals surface area (Å²) in [6.07, 6.45) is 7.12. The van der Waals surface area contributed by atoms with Gasteiger partial charge < -0.3 is 0 Å². The quantitative estimate of drug-likeness (QED) is 0.790. The molecular formula is C15H19ClOS. The second-order valence-corrected chi connectivity index (χ2v) is 6.64. The van der Waals surface area contributed by atoms with Gasteiger partial charge in [-0.25, -0.2) is 0 Å². The van der Waals surface area contributed by atoms with E-state index in [1.807, 2.05) is 36.0 Å². The summed E-state index contributed by atoms with van der Waals surface area (Å²) in [6, 6.07) is 7.59. The molecule has 1 aromatic rings. The number of thioether (sulfide) groups is 1. The number of carbonyl (C=O) groups is 1. The van der Waals surface area contributed by atoms with Crippen molar-refractivity contribution in [3.05, 3.63) is 34.9 Å². The van der Waals surface area contributed by atoms with Gasteiger partial charge in [0.15, 0.2) is 0 Å². The Balaban J connectivity index is 1.74. The van der Waals surface area contributed by atoms with Crippen molar-refractivity contribution in [1.29, 1.82) is 0 Å². The van der Waals surface area contributed by atoms with Gasteiger partial charge >= 0.3 is 0 Å². The standard InChI is InChI=1S/C15H19ClOS/c16-13-6-4-5-12(9-13)10-14(17)11-18-15-7-2-1-3-8-15/h4-6,9,15H,1-3,7-8,10-11H2. The van der Waals surface area contributed by atoms with E-state index in [4.69, 9.17) is 11.6 Å². The fourth-order valence-electron chi connectivity index (χ4n) is 2.37. The van der Waals surface area contributed by atoms with Gasteiger partial charge in [0.25, 0.3) is 0 Å². The molecule has 0 bridgehead atoms. The summed E-state index contributed by atoms with van der Waals surface area (Å²) in [4.78, 5) is 11.9. The Morgan fingerprint density at radius 3 is 2.78 bits per heavy atom. The average Bonchev–Trinajstić information content (AvgIpc) is 2.38. The number of benzene rings is 1. The van der Waals surface area contributed by atoms with Crippen molar-refractivity contribution in [3.8, 4) is 0 Å². The summed E-state index contributed by atoms with van der Waals surface area (Å²) in [6.45, 7) is 0. The van der Waals surface area contributed by atoms with Crippen LogP contribution in [-0.4, -0.2) is 16.8 Å². The zero-order chi connectivity index (χ0) is 12.8. The van der Waals surface area contributed by atoms with Gasteiger partial charge in [-0.2, -0.15) is 11.8 Å². The molecule has 0 spiro atoms. The Kier molecular flexibility index (Phi) is 5.58. The van der Waals surface area contributed by atoms with Crippen molar-refractivity contribution in [2.45, 2.75) is 43.8 Å². The summed E-state index contributed by atoms with van der Waals surface area (Å²) in [5, 5.41) is 1.42. The molecule has 0 aliphatic heterocycles. The van der Waals surface area contributed by atoms with Crippen molar-refractivity contribution < 1.29 is 4.79 Å². The maximum absolute atomic E-state index is 11.9. The lowest BCUT2D eigenvalue weighted by molar-refractivity contribution is -0.116. The lowest BCUT2D eigenvalue weighted by atomic mass is 10.0. The molecule has 0 heterocycles.